The summed E-state index contributed by atoms with van der Waals surface area (Å²) in [6.45, 7) is 3.89. The lowest BCUT2D eigenvalue weighted by Crippen LogP contribution is -2.34. The zero-order chi connectivity index (χ0) is 20.5. The first-order chi connectivity index (χ1) is 14.0. The van der Waals surface area contributed by atoms with E-state index in [0.717, 1.165) is 15.8 Å². The number of aryl methyl sites for hydroxylation is 1. The van der Waals surface area contributed by atoms with Gasteiger partial charge in [0, 0.05) is 17.8 Å². The van der Waals surface area contributed by atoms with Crippen molar-refractivity contribution in [3.8, 4) is 5.69 Å². The summed E-state index contributed by atoms with van der Waals surface area (Å²) in [5, 5.41) is 14.3. The van der Waals surface area contributed by atoms with E-state index in [1.54, 1.807) is 25.1 Å². The molecule has 29 heavy (non-hydrogen) atoms. The van der Waals surface area contributed by atoms with E-state index in [2.05, 4.69) is 25.8 Å². The molecule has 0 aliphatic carbocycles. The first-order valence-electron chi connectivity index (χ1n) is 8.90. The van der Waals surface area contributed by atoms with Crippen molar-refractivity contribution in [1.29, 1.82) is 0 Å². The van der Waals surface area contributed by atoms with Gasteiger partial charge in [0.1, 0.15) is 6.33 Å². The van der Waals surface area contributed by atoms with Crippen molar-refractivity contribution in [3.63, 3.8) is 0 Å². The highest BCUT2D eigenvalue weighted by atomic mass is 16.2. The van der Waals surface area contributed by atoms with Gasteiger partial charge in [-0.1, -0.05) is 6.07 Å². The summed E-state index contributed by atoms with van der Waals surface area (Å²) in [6, 6.07) is 9.95. The fraction of sp³-hybridized carbons (Fsp3) is 0.158. The number of rotatable bonds is 4. The minimum Gasteiger partial charge on any atom is -0.322 e. The molecule has 2 aromatic heterocycles. The van der Waals surface area contributed by atoms with Gasteiger partial charge in [0.05, 0.1) is 16.6 Å². The molecule has 4 rings (SSSR count). The second-order valence-corrected chi connectivity index (χ2v) is 6.45. The number of nitrogens with zero attached hydrogens (tertiary/aromatic N) is 5. The van der Waals surface area contributed by atoms with Gasteiger partial charge in [-0.25, -0.2) is 9.48 Å². The van der Waals surface area contributed by atoms with Gasteiger partial charge < -0.3 is 10.3 Å². The maximum Gasteiger partial charge on any atom is 0.328 e. The van der Waals surface area contributed by atoms with E-state index in [1.165, 1.54) is 23.1 Å². The average molecular weight is 391 g/mol. The summed E-state index contributed by atoms with van der Waals surface area (Å²) in [5.41, 5.74) is 1.96. The molecule has 2 N–H and O–H groups in total. The molecule has 0 radical (unpaired) electrons. The molecule has 0 aliphatic rings. The van der Waals surface area contributed by atoms with Crippen LogP contribution in [0.4, 0.5) is 5.69 Å². The molecular weight excluding hydrogens is 374 g/mol. The van der Waals surface area contributed by atoms with Crippen molar-refractivity contribution in [1.82, 2.24) is 29.8 Å². The maximum absolute atomic E-state index is 12.7. The molecule has 10 heteroatoms. The number of carbonyl (C=O) groups excluding carboxylic acids is 1. The van der Waals surface area contributed by atoms with Crippen LogP contribution >= 0.6 is 0 Å². The van der Waals surface area contributed by atoms with E-state index in [-0.39, 0.29) is 18.0 Å². The Morgan fingerprint density at radius 1 is 1.17 bits per heavy atom. The van der Waals surface area contributed by atoms with Crippen molar-refractivity contribution in [2.75, 3.05) is 5.32 Å². The summed E-state index contributed by atoms with van der Waals surface area (Å²) < 4.78 is 2.61. The zero-order valence-corrected chi connectivity index (χ0v) is 15.7. The maximum atomic E-state index is 12.7. The summed E-state index contributed by atoms with van der Waals surface area (Å²) >= 11 is 0. The summed E-state index contributed by atoms with van der Waals surface area (Å²) in [4.78, 5) is 39.7. The third-order valence-corrected chi connectivity index (χ3v) is 4.62. The average Bonchev–Trinajstić information content (AvgIpc) is 3.24. The lowest BCUT2D eigenvalue weighted by atomic mass is 10.1. The van der Waals surface area contributed by atoms with Crippen molar-refractivity contribution < 1.29 is 4.79 Å². The van der Waals surface area contributed by atoms with Gasteiger partial charge in [0.2, 0.25) is 0 Å². The molecule has 0 unspecified atom stereocenters. The van der Waals surface area contributed by atoms with E-state index >= 15 is 0 Å². The Balaban J connectivity index is 1.67. The van der Waals surface area contributed by atoms with Crippen molar-refractivity contribution in [2.45, 2.75) is 20.4 Å². The zero-order valence-electron chi connectivity index (χ0n) is 15.7. The number of aromatic nitrogens is 6. The van der Waals surface area contributed by atoms with E-state index in [9.17, 15) is 14.4 Å². The van der Waals surface area contributed by atoms with Gasteiger partial charge in [-0.05, 0) is 60.2 Å². The third kappa shape index (κ3) is 3.31. The number of carbonyl (C=O) groups is 1. The number of tetrazole rings is 1. The molecule has 4 aromatic rings. The minimum absolute atomic E-state index is 0.267. The second-order valence-electron chi connectivity index (χ2n) is 6.45. The number of hydrogen-bond donors (Lipinski definition) is 2. The van der Waals surface area contributed by atoms with Gasteiger partial charge in [-0.2, -0.15) is 0 Å². The van der Waals surface area contributed by atoms with Crippen LogP contribution in [0.25, 0.3) is 16.6 Å². The van der Waals surface area contributed by atoms with Crippen LogP contribution in [0, 0.1) is 6.92 Å². The molecule has 0 spiro atoms. The lowest BCUT2D eigenvalue weighted by Gasteiger charge is -2.10. The van der Waals surface area contributed by atoms with Crippen LogP contribution in [0.5, 0.6) is 0 Å². The largest absolute Gasteiger partial charge is 0.328 e. The summed E-state index contributed by atoms with van der Waals surface area (Å²) in [6.07, 6.45) is 1.47. The highest BCUT2D eigenvalue weighted by Crippen LogP contribution is 2.19. The molecule has 0 saturated carbocycles. The SMILES string of the molecule is CCn1c(=O)[nH]c2cc(C(=O)Nc3ccc(C)c(-n4cnnn4)c3)ccc2c1=O. The van der Waals surface area contributed by atoms with Crippen LogP contribution in [-0.4, -0.2) is 35.7 Å². The Bertz CT molecular complexity index is 1340. The van der Waals surface area contributed by atoms with Gasteiger partial charge in [-0.3, -0.25) is 14.2 Å². The Kier molecular flexibility index (Phi) is 4.51. The molecular formula is C19H17N7O3. The van der Waals surface area contributed by atoms with Gasteiger partial charge in [-0.15, -0.1) is 5.10 Å². The molecule has 2 heterocycles. The molecule has 1 amide bonds. The van der Waals surface area contributed by atoms with E-state index < -0.39 is 5.69 Å². The molecule has 0 bridgehead atoms. The Hall–Kier alpha value is -4.08. The number of anilines is 1. The van der Waals surface area contributed by atoms with E-state index in [0.29, 0.717) is 22.2 Å². The van der Waals surface area contributed by atoms with E-state index in [4.69, 9.17) is 0 Å². The predicted octanol–water partition coefficient (Wildman–Crippen LogP) is 1.25. The molecule has 0 saturated heterocycles. The first-order valence-corrected chi connectivity index (χ1v) is 8.90. The van der Waals surface area contributed by atoms with Gasteiger partial charge >= 0.3 is 5.69 Å². The predicted molar refractivity (Wildman–Crippen MR) is 106 cm³/mol. The molecule has 0 aliphatic heterocycles. The fourth-order valence-corrected chi connectivity index (χ4v) is 3.09. The van der Waals surface area contributed by atoms with Crippen molar-refractivity contribution >= 4 is 22.5 Å². The Morgan fingerprint density at radius 2 is 2.00 bits per heavy atom. The quantitative estimate of drug-likeness (QED) is 0.539. The van der Waals surface area contributed by atoms with E-state index in [1.807, 2.05) is 13.0 Å². The topological polar surface area (TPSA) is 128 Å². The van der Waals surface area contributed by atoms with Crippen LogP contribution in [0.2, 0.25) is 0 Å². The minimum atomic E-state index is -0.507. The Labute approximate surface area is 163 Å². The molecule has 2 aromatic carbocycles. The van der Waals surface area contributed by atoms with Gasteiger partial charge in [0.25, 0.3) is 11.5 Å². The summed E-state index contributed by atoms with van der Waals surface area (Å²) in [5.74, 6) is -0.376. The fourth-order valence-electron chi connectivity index (χ4n) is 3.09. The third-order valence-electron chi connectivity index (χ3n) is 4.62. The molecule has 0 fully saturated rings. The number of nitrogens with one attached hydrogen (secondary N) is 2. The molecule has 0 atom stereocenters. The highest BCUT2D eigenvalue weighted by Gasteiger charge is 2.12. The number of fused-ring (bicyclic) bond motifs is 1. The number of H-pyrrole nitrogens is 1. The number of aromatic amines is 1. The lowest BCUT2D eigenvalue weighted by molar-refractivity contribution is 0.102. The number of hydrogen-bond acceptors (Lipinski definition) is 6. The van der Waals surface area contributed by atoms with Crippen molar-refractivity contribution in [3.05, 3.63) is 74.7 Å². The molecule has 146 valence electrons. The standard InChI is InChI=1S/C19H17N7O3/c1-3-25-18(28)14-7-5-12(8-15(14)22-19(25)29)17(27)21-13-6-4-11(2)16(9-13)26-10-20-23-24-26/h4-10H,3H2,1-2H3,(H,21,27)(H,22,29). The van der Waals surface area contributed by atoms with Gasteiger partial charge in [0.15, 0.2) is 0 Å². The Morgan fingerprint density at radius 3 is 2.72 bits per heavy atom. The van der Waals surface area contributed by atoms with Crippen LogP contribution in [0.15, 0.2) is 52.3 Å². The molecule has 10 nitrogen and oxygen atoms in total. The van der Waals surface area contributed by atoms with Crippen LogP contribution < -0.4 is 16.6 Å². The summed E-state index contributed by atoms with van der Waals surface area (Å²) in [7, 11) is 0. The normalized spacial score (nSPS) is 11.0. The van der Waals surface area contributed by atoms with Crippen LogP contribution in [0.1, 0.15) is 22.8 Å². The van der Waals surface area contributed by atoms with Crippen LogP contribution in [0.3, 0.4) is 0 Å². The number of benzene rings is 2. The monoisotopic (exact) mass is 391 g/mol. The smallest absolute Gasteiger partial charge is 0.322 e. The second kappa shape index (κ2) is 7.15. The highest BCUT2D eigenvalue weighted by molar-refractivity contribution is 6.06. The first kappa shape index (κ1) is 18.3. The van der Waals surface area contributed by atoms with Crippen LogP contribution in [-0.2, 0) is 6.54 Å². The number of amides is 1. The van der Waals surface area contributed by atoms with Crippen molar-refractivity contribution in [2.24, 2.45) is 0 Å².